The number of Topliss-reactive ketones (excluding diaryl/α,β-unsaturated/α-hetero) is 1. The van der Waals surface area contributed by atoms with Crippen LogP contribution in [0.15, 0.2) is 24.3 Å². The van der Waals surface area contributed by atoms with E-state index in [4.69, 9.17) is 0 Å². The Kier molecular flexibility index (Phi) is 5.92. The molecule has 0 spiro atoms. The van der Waals surface area contributed by atoms with Crippen LogP contribution in [-0.4, -0.2) is 33.9 Å². The van der Waals surface area contributed by atoms with Crippen molar-refractivity contribution in [1.82, 2.24) is 15.1 Å². The Labute approximate surface area is 152 Å². The molecule has 0 radical (unpaired) electrons. The number of carbonyl (C=O) groups excluding carboxylic acids is 3. The molecular formula is C19H24N4O3. The second-order valence-electron chi connectivity index (χ2n) is 6.60. The van der Waals surface area contributed by atoms with Crippen molar-refractivity contribution in [3.8, 4) is 0 Å². The monoisotopic (exact) mass is 356 g/mol. The van der Waals surface area contributed by atoms with E-state index in [0.717, 1.165) is 0 Å². The molecule has 0 unspecified atom stereocenters. The molecule has 1 aromatic carbocycles. The van der Waals surface area contributed by atoms with Crippen molar-refractivity contribution in [2.24, 2.45) is 13.0 Å². The minimum atomic E-state index is -0.798. The van der Waals surface area contributed by atoms with Gasteiger partial charge in [0.05, 0.1) is 22.5 Å². The molecule has 0 saturated heterocycles. The summed E-state index contributed by atoms with van der Waals surface area (Å²) >= 11 is 0. The quantitative estimate of drug-likeness (QED) is 0.613. The third-order valence-corrected chi connectivity index (χ3v) is 4.03. The Morgan fingerprint density at radius 3 is 2.38 bits per heavy atom. The van der Waals surface area contributed by atoms with Gasteiger partial charge >= 0.3 is 0 Å². The topological polar surface area (TPSA) is 93.1 Å². The third kappa shape index (κ3) is 4.17. The summed E-state index contributed by atoms with van der Waals surface area (Å²) in [7, 11) is 1.71. The first-order valence-corrected chi connectivity index (χ1v) is 8.45. The van der Waals surface area contributed by atoms with Gasteiger partial charge in [0.1, 0.15) is 0 Å². The van der Waals surface area contributed by atoms with Gasteiger partial charge in [-0.15, -0.1) is 0 Å². The van der Waals surface area contributed by atoms with Gasteiger partial charge in [-0.2, -0.15) is 5.10 Å². The van der Waals surface area contributed by atoms with Crippen LogP contribution < -0.4 is 10.6 Å². The Bertz CT molecular complexity index is 852. The van der Waals surface area contributed by atoms with E-state index in [1.807, 2.05) is 13.8 Å². The molecule has 0 saturated carbocycles. The summed E-state index contributed by atoms with van der Waals surface area (Å²) in [4.78, 5) is 37.3. The van der Waals surface area contributed by atoms with Crippen LogP contribution >= 0.6 is 0 Å². The number of anilines is 1. The fourth-order valence-electron chi connectivity index (χ4n) is 2.58. The number of carbonyl (C=O) groups is 3. The van der Waals surface area contributed by atoms with Gasteiger partial charge in [0.15, 0.2) is 0 Å². The van der Waals surface area contributed by atoms with Gasteiger partial charge in [-0.25, -0.2) is 0 Å². The van der Waals surface area contributed by atoms with Crippen LogP contribution in [0.5, 0.6) is 0 Å². The summed E-state index contributed by atoms with van der Waals surface area (Å²) in [5.74, 6) is -1.46. The fraction of sp³-hybridized carbons (Fsp3) is 0.368. The molecule has 2 rings (SSSR count). The first kappa shape index (κ1) is 19.4. The summed E-state index contributed by atoms with van der Waals surface area (Å²) in [6.07, 6.45) is 0. The number of para-hydroxylation sites is 1. The van der Waals surface area contributed by atoms with Crippen LogP contribution in [0.2, 0.25) is 0 Å². The highest BCUT2D eigenvalue weighted by molar-refractivity contribution is 6.47. The van der Waals surface area contributed by atoms with Gasteiger partial charge in [-0.3, -0.25) is 19.1 Å². The van der Waals surface area contributed by atoms with E-state index in [2.05, 4.69) is 15.7 Å². The number of aromatic nitrogens is 2. The molecule has 0 fully saturated rings. The Morgan fingerprint density at radius 2 is 1.81 bits per heavy atom. The van der Waals surface area contributed by atoms with E-state index in [1.54, 1.807) is 49.8 Å². The van der Waals surface area contributed by atoms with Crippen LogP contribution in [0.3, 0.4) is 0 Å². The van der Waals surface area contributed by atoms with Crippen LogP contribution in [0.25, 0.3) is 0 Å². The van der Waals surface area contributed by atoms with Crippen molar-refractivity contribution in [3.63, 3.8) is 0 Å². The predicted molar refractivity (Wildman–Crippen MR) is 99.3 cm³/mol. The molecule has 7 nitrogen and oxygen atoms in total. The fourth-order valence-corrected chi connectivity index (χ4v) is 2.58. The second kappa shape index (κ2) is 7.95. The molecule has 0 aliphatic carbocycles. The minimum Gasteiger partial charge on any atom is -0.352 e. The summed E-state index contributed by atoms with van der Waals surface area (Å²) in [5, 5.41) is 9.52. The van der Waals surface area contributed by atoms with Crippen molar-refractivity contribution in [3.05, 3.63) is 46.8 Å². The lowest BCUT2D eigenvalue weighted by atomic mass is 10.1. The zero-order valence-electron chi connectivity index (χ0n) is 15.7. The van der Waals surface area contributed by atoms with Crippen molar-refractivity contribution in [2.45, 2.75) is 27.7 Å². The molecule has 0 aliphatic heterocycles. The van der Waals surface area contributed by atoms with E-state index >= 15 is 0 Å². The molecule has 0 bridgehead atoms. The highest BCUT2D eigenvalue weighted by Crippen LogP contribution is 2.17. The predicted octanol–water partition coefficient (Wildman–Crippen LogP) is 2.24. The van der Waals surface area contributed by atoms with Gasteiger partial charge in [-0.05, 0) is 31.9 Å². The van der Waals surface area contributed by atoms with Crippen molar-refractivity contribution >= 4 is 23.3 Å². The molecule has 0 aliphatic rings. The number of ketones is 1. The molecule has 0 atom stereocenters. The van der Waals surface area contributed by atoms with E-state index in [9.17, 15) is 14.4 Å². The smallest absolute Gasteiger partial charge is 0.296 e. The Morgan fingerprint density at radius 1 is 1.15 bits per heavy atom. The lowest BCUT2D eigenvalue weighted by Crippen LogP contribution is -2.29. The first-order valence-electron chi connectivity index (χ1n) is 8.45. The number of nitrogens with one attached hydrogen (secondary N) is 2. The van der Waals surface area contributed by atoms with Gasteiger partial charge in [0, 0.05) is 19.3 Å². The zero-order chi connectivity index (χ0) is 19.4. The molecular weight excluding hydrogens is 332 g/mol. The molecule has 1 aromatic heterocycles. The normalized spacial score (nSPS) is 10.7. The minimum absolute atomic E-state index is 0.284. The van der Waals surface area contributed by atoms with Gasteiger partial charge in [0.2, 0.25) is 0 Å². The standard InChI is InChI=1S/C19H24N4O3/c1-11(2)10-20-18(25)14-8-6-7-9-15(14)21-19(26)17(24)16-12(3)22-23(5)13(16)4/h6-9,11H,10H2,1-5H3,(H,20,25)(H,21,26). The van der Waals surface area contributed by atoms with Crippen LogP contribution in [0, 0.1) is 19.8 Å². The van der Waals surface area contributed by atoms with E-state index < -0.39 is 11.7 Å². The lowest BCUT2D eigenvalue weighted by molar-refractivity contribution is -0.112. The van der Waals surface area contributed by atoms with Gasteiger partial charge < -0.3 is 10.6 Å². The van der Waals surface area contributed by atoms with Gasteiger partial charge in [0.25, 0.3) is 17.6 Å². The summed E-state index contributed by atoms with van der Waals surface area (Å²) in [5.41, 5.74) is 2.01. The van der Waals surface area contributed by atoms with E-state index in [-0.39, 0.29) is 11.5 Å². The second-order valence-corrected chi connectivity index (χ2v) is 6.60. The Balaban J connectivity index is 2.22. The van der Waals surface area contributed by atoms with Crippen LogP contribution in [0.4, 0.5) is 5.69 Å². The molecule has 138 valence electrons. The average molecular weight is 356 g/mol. The largest absolute Gasteiger partial charge is 0.352 e. The van der Waals surface area contributed by atoms with E-state index in [0.29, 0.717) is 35.1 Å². The highest BCUT2D eigenvalue weighted by Gasteiger charge is 2.25. The van der Waals surface area contributed by atoms with Crippen molar-refractivity contribution in [1.29, 1.82) is 0 Å². The molecule has 1 heterocycles. The number of nitrogens with zero attached hydrogens (tertiary/aromatic N) is 2. The molecule has 2 amide bonds. The number of benzene rings is 1. The third-order valence-electron chi connectivity index (χ3n) is 4.03. The maximum absolute atomic E-state index is 12.5. The van der Waals surface area contributed by atoms with Gasteiger partial charge in [-0.1, -0.05) is 26.0 Å². The SMILES string of the molecule is Cc1nn(C)c(C)c1C(=O)C(=O)Nc1ccccc1C(=O)NCC(C)C. The van der Waals surface area contributed by atoms with Crippen molar-refractivity contribution in [2.75, 3.05) is 11.9 Å². The first-order chi connectivity index (χ1) is 12.2. The highest BCUT2D eigenvalue weighted by atomic mass is 16.2. The Hall–Kier alpha value is -2.96. The number of hydrogen-bond acceptors (Lipinski definition) is 4. The van der Waals surface area contributed by atoms with Crippen molar-refractivity contribution < 1.29 is 14.4 Å². The van der Waals surface area contributed by atoms with Crippen LogP contribution in [0.1, 0.15) is 46.0 Å². The molecule has 2 N–H and O–H groups in total. The average Bonchev–Trinajstić information content (AvgIpc) is 2.84. The number of amides is 2. The summed E-state index contributed by atoms with van der Waals surface area (Å²) in [6.45, 7) is 7.92. The van der Waals surface area contributed by atoms with Crippen LogP contribution in [-0.2, 0) is 11.8 Å². The maximum atomic E-state index is 12.5. The number of rotatable bonds is 6. The number of aryl methyl sites for hydroxylation is 2. The lowest BCUT2D eigenvalue weighted by Gasteiger charge is -2.12. The maximum Gasteiger partial charge on any atom is 0.296 e. The molecule has 26 heavy (non-hydrogen) atoms. The zero-order valence-corrected chi connectivity index (χ0v) is 15.7. The summed E-state index contributed by atoms with van der Waals surface area (Å²) < 4.78 is 1.56. The number of hydrogen-bond donors (Lipinski definition) is 2. The molecule has 2 aromatic rings. The molecule has 7 heteroatoms. The van der Waals surface area contributed by atoms with E-state index in [1.165, 1.54) is 0 Å². The summed E-state index contributed by atoms with van der Waals surface area (Å²) in [6, 6.07) is 6.60.